The second-order valence-electron chi connectivity index (χ2n) is 3.44. The minimum atomic E-state index is -0.563. The third kappa shape index (κ3) is 4.23. The van der Waals surface area contributed by atoms with Gasteiger partial charge in [-0.25, -0.2) is 0 Å². The summed E-state index contributed by atoms with van der Waals surface area (Å²) in [6.07, 6.45) is 0.239. The summed E-state index contributed by atoms with van der Waals surface area (Å²) in [5.74, 6) is 0.0208. The van der Waals surface area contributed by atoms with Crippen LogP contribution >= 0.6 is 0 Å². The SMILES string of the molecule is COCC(=O)CCC(O)c1ccccc1. The molecular weight excluding hydrogens is 192 g/mol. The van der Waals surface area contributed by atoms with Crippen LogP contribution in [0.2, 0.25) is 0 Å². The number of ether oxygens (including phenoxy) is 1. The highest BCUT2D eigenvalue weighted by Gasteiger charge is 2.09. The standard InChI is InChI=1S/C12H16O3/c1-15-9-11(13)7-8-12(14)10-5-3-2-4-6-10/h2-6,12,14H,7-9H2,1H3. The number of Topliss-reactive ketones (excluding diaryl/α,β-unsaturated/α-hetero) is 1. The third-order valence-corrected chi connectivity index (χ3v) is 2.19. The number of rotatable bonds is 6. The molecule has 1 N–H and O–H groups in total. The summed E-state index contributed by atoms with van der Waals surface area (Å²) in [5.41, 5.74) is 0.850. The highest BCUT2D eigenvalue weighted by Crippen LogP contribution is 2.17. The van der Waals surface area contributed by atoms with Gasteiger partial charge in [0, 0.05) is 13.5 Å². The van der Waals surface area contributed by atoms with E-state index in [4.69, 9.17) is 4.74 Å². The molecule has 1 aromatic carbocycles. The highest BCUT2D eigenvalue weighted by molar-refractivity contribution is 5.79. The first-order valence-corrected chi connectivity index (χ1v) is 4.97. The molecule has 0 aliphatic carbocycles. The van der Waals surface area contributed by atoms with Crippen LogP contribution in [0.15, 0.2) is 30.3 Å². The van der Waals surface area contributed by atoms with Crippen LogP contribution in [0.25, 0.3) is 0 Å². The molecule has 0 spiro atoms. The van der Waals surface area contributed by atoms with Crippen LogP contribution in [0.5, 0.6) is 0 Å². The third-order valence-electron chi connectivity index (χ3n) is 2.19. The second-order valence-corrected chi connectivity index (χ2v) is 3.44. The summed E-state index contributed by atoms with van der Waals surface area (Å²) in [6.45, 7) is 0.126. The van der Waals surface area contributed by atoms with Crippen molar-refractivity contribution in [3.8, 4) is 0 Å². The van der Waals surface area contributed by atoms with Crippen molar-refractivity contribution in [3.05, 3.63) is 35.9 Å². The van der Waals surface area contributed by atoms with Crippen molar-refractivity contribution in [1.82, 2.24) is 0 Å². The van der Waals surface area contributed by atoms with Gasteiger partial charge in [0.05, 0.1) is 6.10 Å². The minimum absolute atomic E-state index is 0.0208. The largest absolute Gasteiger partial charge is 0.388 e. The molecule has 0 saturated carbocycles. The Morgan fingerprint density at radius 2 is 2.07 bits per heavy atom. The van der Waals surface area contributed by atoms with E-state index in [1.807, 2.05) is 30.3 Å². The van der Waals surface area contributed by atoms with Gasteiger partial charge in [-0.2, -0.15) is 0 Å². The van der Waals surface area contributed by atoms with Crippen LogP contribution in [0.1, 0.15) is 24.5 Å². The quantitative estimate of drug-likeness (QED) is 0.774. The molecule has 1 atom stereocenters. The molecule has 0 radical (unpaired) electrons. The van der Waals surface area contributed by atoms with Gasteiger partial charge in [0.1, 0.15) is 6.61 Å². The van der Waals surface area contributed by atoms with E-state index in [2.05, 4.69) is 0 Å². The van der Waals surface area contributed by atoms with Crippen LogP contribution in [0.4, 0.5) is 0 Å². The van der Waals surface area contributed by atoms with E-state index in [9.17, 15) is 9.90 Å². The Labute approximate surface area is 89.7 Å². The molecule has 0 saturated heterocycles. The molecule has 1 unspecified atom stereocenters. The summed E-state index contributed by atoms with van der Waals surface area (Å²) >= 11 is 0. The lowest BCUT2D eigenvalue weighted by Gasteiger charge is -2.09. The molecule has 82 valence electrons. The van der Waals surface area contributed by atoms with E-state index >= 15 is 0 Å². The molecule has 1 aromatic rings. The Bertz CT molecular complexity index is 295. The maximum Gasteiger partial charge on any atom is 0.158 e. The fourth-order valence-corrected chi connectivity index (χ4v) is 1.37. The zero-order chi connectivity index (χ0) is 11.1. The van der Waals surface area contributed by atoms with E-state index < -0.39 is 6.10 Å². The van der Waals surface area contributed by atoms with Crippen LogP contribution in [-0.4, -0.2) is 24.6 Å². The number of methoxy groups -OCH3 is 1. The molecule has 3 heteroatoms. The van der Waals surface area contributed by atoms with E-state index in [1.54, 1.807) is 0 Å². The monoisotopic (exact) mass is 208 g/mol. The van der Waals surface area contributed by atoms with Crippen molar-refractivity contribution in [2.75, 3.05) is 13.7 Å². The Balaban J connectivity index is 2.37. The summed E-state index contributed by atoms with van der Waals surface area (Å²) in [6, 6.07) is 9.34. The topological polar surface area (TPSA) is 46.5 Å². The number of carbonyl (C=O) groups excluding carboxylic acids is 1. The fraction of sp³-hybridized carbons (Fsp3) is 0.417. The smallest absolute Gasteiger partial charge is 0.158 e. The Hall–Kier alpha value is -1.19. The lowest BCUT2D eigenvalue weighted by molar-refractivity contribution is -0.123. The Morgan fingerprint density at radius 1 is 1.40 bits per heavy atom. The van der Waals surface area contributed by atoms with E-state index in [0.29, 0.717) is 12.8 Å². The number of carbonyl (C=O) groups is 1. The lowest BCUT2D eigenvalue weighted by Crippen LogP contribution is -2.08. The molecule has 0 fully saturated rings. The summed E-state index contributed by atoms with van der Waals surface area (Å²) in [4.78, 5) is 11.1. The molecule has 0 heterocycles. The molecule has 3 nitrogen and oxygen atoms in total. The van der Waals surface area contributed by atoms with Gasteiger partial charge in [-0.15, -0.1) is 0 Å². The van der Waals surface area contributed by atoms with Crippen molar-refractivity contribution in [3.63, 3.8) is 0 Å². The maximum absolute atomic E-state index is 11.1. The summed E-state index contributed by atoms with van der Waals surface area (Å²) in [7, 11) is 1.49. The lowest BCUT2D eigenvalue weighted by atomic mass is 10.0. The number of aliphatic hydroxyl groups excluding tert-OH is 1. The van der Waals surface area contributed by atoms with Gasteiger partial charge in [-0.3, -0.25) is 4.79 Å². The molecule has 15 heavy (non-hydrogen) atoms. The van der Waals surface area contributed by atoms with Gasteiger partial charge in [0.2, 0.25) is 0 Å². The van der Waals surface area contributed by atoms with Crippen molar-refractivity contribution in [2.45, 2.75) is 18.9 Å². The zero-order valence-corrected chi connectivity index (χ0v) is 8.85. The van der Waals surface area contributed by atoms with Gasteiger partial charge < -0.3 is 9.84 Å². The van der Waals surface area contributed by atoms with Crippen LogP contribution < -0.4 is 0 Å². The molecule has 0 bridgehead atoms. The second kappa shape index (κ2) is 6.32. The summed E-state index contributed by atoms with van der Waals surface area (Å²) < 4.78 is 4.71. The highest BCUT2D eigenvalue weighted by atomic mass is 16.5. The van der Waals surface area contributed by atoms with E-state index in [-0.39, 0.29) is 12.4 Å². The number of hydrogen-bond acceptors (Lipinski definition) is 3. The van der Waals surface area contributed by atoms with Crippen molar-refractivity contribution in [1.29, 1.82) is 0 Å². The number of aliphatic hydroxyl groups is 1. The van der Waals surface area contributed by atoms with Gasteiger partial charge in [-0.05, 0) is 12.0 Å². The minimum Gasteiger partial charge on any atom is -0.388 e. The zero-order valence-electron chi connectivity index (χ0n) is 8.85. The Morgan fingerprint density at radius 3 is 2.67 bits per heavy atom. The predicted molar refractivity (Wildman–Crippen MR) is 57.5 cm³/mol. The number of hydrogen-bond donors (Lipinski definition) is 1. The number of ketones is 1. The Kier molecular flexibility index (Phi) is 5.01. The first-order chi connectivity index (χ1) is 7.24. The van der Waals surface area contributed by atoms with Crippen molar-refractivity contribution in [2.24, 2.45) is 0 Å². The molecule has 0 aliphatic rings. The number of benzene rings is 1. The predicted octanol–water partition coefficient (Wildman–Crippen LogP) is 1.72. The van der Waals surface area contributed by atoms with Crippen molar-refractivity contribution >= 4 is 5.78 Å². The molecule has 0 aliphatic heterocycles. The van der Waals surface area contributed by atoms with Gasteiger partial charge in [0.15, 0.2) is 5.78 Å². The first kappa shape index (κ1) is 11.9. The van der Waals surface area contributed by atoms with E-state index in [1.165, 1.54) is 7.11 Å². The van der Waals surface area contributed by atoms with Gasteiger partial charge in [-0.1, -0.05) is 30.3 Å². The average Bonchev–Trinajstić information content (AvgIpc) is 2.27. The normalized spacial score (nSPS) is 12.4. The van der Waals surface area contributed by atoms with Crippen LogP contribution in [0, 0.1) is 0 Å². The van der Waals surface area contributed by atoms with Crippen LogP contribution in [-0.2, 0) is 9.53 Å². The van der Waals surface area contributed by atoms with Gasteiger partial charge in [0.25, 0.3) is 0 Å². The maximum atomic E-state index is 11.1. The van der Waals surface area contributed by atoms with Crippen LogP contribution in [0.3, 0.4) is 0 Å². The summed E-state index contributed by atoms with van der Waals surface area (Å²) in [5, 5.41) is 9.74. The molecule has 1 rings (SSSR count). The molecule has 0 aromatic heterocycles. The average molecular weight is 208 g/mol. The van der Waals surface area contributed by atoms with Crippen molar-refractivity contribution < 1.29 is 14.6 Å². The molecular formula is C12H16O3. The van der Waals surface area contributed by atoms with E-state index in [0.717, 1.165) is 5.56 Å². The fourth-order valence-electron chi connectivity index (χ4n) is 1.37. The first-order valence-electron chi connectivity index (χ1n) is 4.97. The van der Waals surface area contributed by atoms with Gasteiger partial charge >= 0.3 is 0 Å². The molecule has 0 amide bonds.